The van der Waals surface area contributed by atoms with Crippen LogP contribution in [0.3, 0.4) is 0 Å². The zero-order valence-corrected chi connectivity index (χ0v) is 21.5. The molecule has 192 valence electrons. The lowest BCUT2D eigenvalue weighted by Gasteiger charge is -2.13. The van der Waals surface area contributed by atoms with Gasteiger partial charge in [0.15, 0.2) is 0 Å². The van der Waals surface area contributed by atoms with E-state index in [9.17, 15) is 9.59 Å². The fourth-order valence-electron chi connectivity index (χ4n) is 5.64. The molecule has 0 bridgehead atoms. The second-order valence-electron chi connectivity index (χ2n) is 10.2. The normalized spacial score (nSPS) is 18.2. The van der Waals surface area contributed by atoms with Crippen LogP contribution in [-0.4, -0.2) is 44.3 Å². The molecule has 36 heavy (non-hydrogen) atoms. The molecule has 5 rings (SSSR count). The summed E-state index contributed by atoms with van der Waals surface area (Å²) in [5.74, 6) is 1.06. The zero-order valence-electron chi connectivity index (χ0n) is 21.5. The first kappa shape index (κ1) is 24.5. The molecule has 0 spiro atoms. The van der Waals surface area contributed by atoms with E-state index in [-0.39, 0.29) is 17.9 Å². The van der Waals surface area contributed by atoms with Crippen molar-refractivity contribution < 1.29 is 14.3 Å². The second kappa shape index (κ2) is 10.4. The molecule has 2 aliphatic rings. The molecule has 2 aromatic heterocycles. The van der Waals surface area contributed by atoms with Gasteiger partial charge in [-0.3, -0.25) is 14.3 Å². The molecule has 9 heteroatoms. The summed E-state index contributed by atoms with van der Waals surface area (Å²) < 4.78 is 9.74. The van der Waals surface area contributed by atoms with Crippen molar-refractivity contribution in [3.8, 4) is 0 Å². The van der Waals surface area contributed by atoms with Gasteiger partial charge < -0.3 is 19.9 Å². The average molecular weight is 493 g/mol. The topological polar surface area (TPSA) is 103 Å². The maximum Gasteiger partial charge on any atom is 0.253 e. The Kier molecular flexibility index (Phi) is 7.09. The van der Waals surface area contributed by atoms with Crippen LogP contribution in [0, 0.1) is 19.8 Å². The first-order valence-corrected chi connectivity index (χ1v) is 13.1. The van der Waals surface area contributed by atoms with E-state index in [1.54, 1.807) is 6.07 Å². The van der Waals surface area contributed by atoms with Gasteiger partial charge in [0.05, 0.1) is 28.8 Å². The Balaban J connectivity index is 1.40. The van der Waals surface area contributed by atoms with Gasteiger partial charge in [0.25, 0.3) is 5.91 Å². The van der Waals surface area contributed by atoms with Gasteiger partial charge in [0, 0.05) is 38.0 Å². The average Bonchev–Trinajstić information content (AvgIpc) is 3.63. The minimum atomic E-state index is -0.199. The minimum absolute atomic E-state index is 0.00702. The Morgan fingerprint density at radius 3 is 2.61 bits per heavy atom. The standard InChI is InChI=1S/C27H36N6O3/c1-17-13-18(2)33(31-17)11-10-28-27(35)21-15-20(29-24(34)14-19-7-4-5-8-19)16-22-25(21)32(3)26(30-22)23-9-6-12-36-23/h13,15-16,19,23H,4-12,14H2,1-3H3,(H,28,35)(H,29,34)/t23-/m1/s1. The lowest BCUT2D eigenvalue weighted by molar-refractivity contribution is -0.117. The van der Waals surface area contributed by atoms with E-state index in [1.807, 2.05) is 42.3 Å². The molecule has 2 N–H and O–H groups in total. The summed E-state index contributed by atoms with van der Waals surface area (Å²) in [7, 11) is 1.93. The van der Waals surface area contributed by atoms with Gasteiger partial charge in [-0.05, 0) is 63.6 Å². The van der Waals surface area contributed by atoms with Crippen molar-refractivity contribution in [3.05, 3.63) is 41.0 Å². The molecule has 2 fully saturated rings. The Bertz CT molecular complexity index is 1260. The Labute approximate surface area is 211 Å². The van der Waals surface area contributed by atoms with E-state index in [0.717, 1.165) is 55.0 Å². The van der Waals surface area contributed by atoms with E-state index in [2.05, 4.69) is 15.7 Å². The summed E-state index contributed by atoms with van der Waals surface area (Å²) in [4.78, 5) is 31.0. The predicted molar refractivity (Wildman–Crippen MR) is 138 cm³/mol. The number of aromatic nitrogens is 4. The van der Waals surface area contributed by atoms with Crippen LogP contribution in [0.2, 0.25) is 0 Å². The van der Waals surface area contributed by atoms with Crippen LogP contribution in [-0.2, 0) is 23.1 Å². The highest BCUT2D eigenvalue weighted by atomic mass is 16.5. The van der Waals surface area contributed by atoms with Crippen molar-refractivity contribution in [1.82, 2.24) is 24.6 Å². The number of imidazole rings is 1. The van der Waals surface area contributed by atoms with Crippen molar-refractivity contribution in [1.29, 1.82) is 0 Å². The molecule has 1 aliphatic carbocycles. The Hall–Kier alpha value is -3.20. The number of anilines is 1. The van der Waals surface area contributed by atoms with Crippen molar-refractivity contribution in [2.24, 2.45) is 13.0 Å². The Morgan fingerprint density at radius 2 is 1.92 bits per heavy atom. The van der Waals surface area contributed by atoms with E-state index in [1.165, 1.54) is 12.8 Å². The number of ether oxygens (including phenoxy) is 1. The highest BCUT2D eigenvalue weighted by molar-refractivity contribution is 6.07. The molecule has 2 amide bonds. The summed E-state index contributed by atoms with van der Waals surface area (Å²) in [6.07, 6.45) is 6.97. The largest absolute Gasteiger partial charge is 0.370 e. The SMILES string of the molecule is Cc1cc(C)n(CCNC(=O)c2cc(NC(=O)CC3CCCC3)cc3nc([C@H]4CCCO4)n(C)c23)n1. The maximum atomic E-state index is 13.4. The number of nitrogens with one attached hydrogen (secondary N) is 2. The highest BCUT2D eigenvalue weighted by Crippen LogP contribution is 2.33. The summed E-state index contributed by atoms with van der Waals surface area (Å²) in [6, 6.07) is 5.66. The number of hydrogen-bond acceptors (Lipinski definition) is 5. The lowest BCUT2D eigenvalue weighted by Crippen LogP contribution is -2.28. The lowest BCUT2D eigenvalue weighted by atomic mass is 10.0. The van der Waals surface area contributed by atoms with Gasteiger partial charge >= 0.3 is 0 Å². The van der Waals surface area contributed by atoms with Crippen molar-refractivity contribution in [2.75, 3.05) is 18.5 Å². The third-order valence-electron chi connectivity index (χ3n) is 7.41. The van der Waals surface area contributed by atoms with Gasteiger partial charge in [0.2, 0.25) is 5.91 Å². The monoisotopic (exact) mass is 492 g/mol. The maximum absolute atomic E-state index is 13.4. The molecule has 1 saturated carbocycles. The van der Waals surface area contributed by atoms with E-state index >= 15 is 0 Å². The molecule has 1 aliphatic heterocycles. The van der Waals surface area contributed by atoms with Crippen LogP contribution < -0.4 is 10.6 Å². The molecular weight excluding hydrogens is 456 g/mol. The zero-order chi connectivity index (χ0) is 25.2. The Morgan fingerprint density at radius 1 is 1.11 bits per heavy atom. The quantitative estimate of drug-likeness (QED) is 0.491. The molecule has 1 aromatic carbocycles. The minimum Gasteiger partial charge on any atom is -0.370 e. The molecular formula is C27H36N6O3. The number of carbonyl (C=O) groups is 2. The van der Waals surface area contributed by atoms with Gasteiger partial charge in [-0.2, -0.15) is 5.10 Å². The molecule has 0 radical (unpaired) electrons. The van der Waals surface area contributed by atoms with Crippen molar-refractivity contribution in [3.63, 3.8) is 0 Å². The number of nitrogens with zero attached hydrogens (tertiary/aromatic N) is 4. The molecule has 1 saturated heterocycles. The van der Waals surface area contributed by atoms with Crippen molar-refractivity contribution >= 4 is 28.5 Å². The van der Waals surface area contributed by atoms with E-state index in [0.29, 0.717) is 42.2 Å². The predicted octanol–water partition coefficient (Wildman–Crippen LogP) is 4.19. The van der Waals surface area contributed by atoms with Crippen LogP contribution in [0.5, 0.6) is 0 Å². The summed E-state index contributed by atoms with van der Waals surface area (Å²) >= 11 is 0. The fraction of sp³-hybridized carbons (Fsp3) is 0.556. The van der Waals surface area contributed by atoms with Crippen LogP contribution >= 0.6 is 0 Å². The third-order valence-corrected chi connectivity index (χ3v) is 7.41. The molecule has 1 atom stereocenters. The van der Waals surface area contributed by atoms with Gasteiger partial charge in [0.1, 0.15) is 11.9 Å². The summed E-state index contributed by atoms with van der Waals surface area (Å²) in [5.41, 5.74) is 4.55. The highest BCUT2D eigenvalue weighted by Gasteiger charge is 2.26. The van der Waals surface area contributed by atoms with Crippen LogP contribution in [0.15, 0.2) is 18.2 Å². The first-order valence-electron chi connectivity index (χ1n) is 13.1. The summed E-state index contributed by atoms with van der Waals surface area (Å²) in [6.45, 7) is 5.71. The van der Waals surface area contributed by atoms with Gasteiger partial charge in [-0.25, -0.2) is 4.98 Å². The smallest absolute Gasteiger partial charge is 0.253 e. The number of aryl methyl sites for hydroxylation is 3. The molecule has 3 aromatic rings. The number of carbonyl (C=O) groups excluding carboxylic acids is 2. The van der Waals surface area contributed by atoms with E-state index in [4.69, 9.17) is 9.72 Å². The van der Waals surface area contributed by atoms with Crippen LogP contribution in [0.1, 0.15) is 78.6 Å². The van der Waals surface area contributed by atoms with Gasteiger partial charge in [-0.15, -0.1) is 0 Å². The van der Waals surface area contributed by atoms with Crippen molar-refractivity contribution in [2.45, 2.75) is 71.4 Å². The second-order valence-corrected chi connectivity index (χ2v) is 10.2. The number of hydrogen-bond donors (Lipinski definition) is 2. The third kappa shape index (κ3) is 5.16. The molecule has 3 heterocycles. The van der Waals surface area contributed by atoms with Crippen LogP contribution in [0.4, 0.5) is 5.69 Å². The first-order chi connectivity index (χ1) is 17.4. The fourth-order valence-corrected chi connectivity index (χ4v) is 5.64. The molecule has 0 unspecified atom stereocenters. The number of fused-ring (bicyclic) bond motifs is 1. The number of benzene rings is 1. The number of rotatable bonds is 8. The van der Waals surface area contributed by atoms with Crippen LogP contribution in [0.25, 0.3) is 11.0 Å². The molecule has 9 nitrogen and oxygen atoms in total. The van der Waals surface area contributed by atoms with Gasteiger partial charge in [-0.1, -0.05) is 12.8 Å². The number of amides is 2. The summed E-state index contributed by atoms with van der Waals surface area (Å²) in [5, 5.41) is 10.5. The van der Waals surface area contributed by atoms with E-state index < -0.39 is 0 Å².